The zero-order valence-electron chi connectivity index (χ0n) is 12.2. The normalized spacial score (nSPS) is 11.0. The zero-order valence-corrected chi connectivity index (χ0v) is 13.9. The molecular formula is C16H16N2O2S2. The molecule has 3 aromatic rings. The van der Waals surface area contributed by atoms with E-state index in [1.54, 1.807) is 22.7 Å². The van der Waals surface area contributed by atoms with Crippen molar-refractivity contribution in [3.05, 3.63) is 45.4 Å². The van der Waals surface area contributed by atoms with E-state index in [1.165, 1.54) is 0 Å². The molecule has 0 amide bonds. The molecule has 4 nitrogen and oxygen atoms in total. The van der Waals surface area contributed by atoms with E-state index in [-0.39, 0.29) is 12.6 Å². The van der Waals surface area contributed by atoms with Gasteiger partial charge in [0.05, 0.1) is 32.3 Å². The van der Waals surface area contributed by atoms with Gasteiger partial charge in [0.25, 0.3) is 0 Å². The Kier molecular flexibility index (Phi) is 4.80. The first kappa shape index (κ1) is 15.1. The summed E-state index contributed by atoms with van der Waals surface area (Å²) in [6.07, 6.45) is 1.89. The van der Waals surface area contributed by atoms with Gasteiger partial charge < -0.3 is 4.74 Å². The summed E-state index contributed by atoms with van der Waals surface area (Å²) in [4.78, 5) is 20.7. The van der Waals surface area contributed by atoms with E-state index < -0.39 is 0 Å². The predicted molar refractivity (Wildman–Crippen MR) is 89.2 cm³/mol. The number of carbonyl (C=O) groups excluding carboxylic acids is 1. The fraction of sp³-hybridized carbons (Fsp3) is 0.312. The largest absolute Gasteiger partial charge is 0.459 e. The molecule has 2 aromatic heterocycles. The molecule has 0 fully saturated rings. The molecule has 3 rings (SSSR count). The molecule has 0 aliphatic carbocycles. The Hall–Kier alpha value is -1.79. The van der Waals surface area contributed by atoms with Crippen molar-refractivity contribution < 1.29 is 9.53 Å². The van der Waals surface area contributed by atoms with Gasteiger partial charge in [-0.1, -0.05) is 19.1 Å². The lowest BCUT2D eigenvalue weighted by atomic mass is 10.3. The third-order valence-corrected chi connectivity index (χ3v) is 5.30. The molecule has 0 N–H and O–H groups in total. The maximum atomic E-state index is 11.8. The van der Waals surface area contributed by atoms with Crippen LogP contribution in [0.5, 0.6) is 0 Å². The summed E-state index contributed by atoms with van der Waals surface area (Å²) in [6.45, 7) is 2.32. The second kappa shape index (κ2) is 6.98. The van der Waals surface area contributed by atoms with Crippen LogP contribution in [0.15, 0.2) is 29.6 Å². The van der Waals surface area contributed by atoms with Crippen molar-refractivity contribution in [2.75, 3.05) is 0 Å². The van der Waals surface area contributed by atoms with E-state index in [9.17, 15) is 4.79 Å². The molecule has 2 heterocycles. The Bertz CT molecular complexity index is 746. The highest BCUT2D eigenvalue weighted by Crippen LogP contribution is 2.22. The number of rotatable bonds is 6. The van der Waals surface area contributed by atoms with Gasteiger partial charge in [-0.2, -0.15) is 0 Å². The number of nitrogens with zero attached hydrogens (tertiary/aromatic N) is 2. The van der Waals surface area contributed by atoms with Crippen molar-refractivity contribution in [2.45, 2.75) is 32.8 Å². The number of thiazole rings is 2. The monoisotopic (exact) mass is 332 g/mol. The third-order valence-electron chi connectivity index (χ3n) is 3.16. The summed E-state index contributed by atoms with van der Waals surface area (Å²) >= 11 is 3.23. The Balaban J connectivity index is 1.49. The van der Waals surface area contributed by atoms with Crippen molar-refractivity contribution in [3.63, 3.8) is 0 Å². The molecule has 0 bridgehead atoms. The van der Waals surface area contributed by atoms with Crippen LogP contribution in [0.1, 0.15) is 29.1 Å². The van der Waals surface area contributed by atoms with Crippen LogP contribution in [0, 0.1) is 0 Å². The second-order valence-corrected chi connectivity index (χ2v) is 6.88. The second-order valence-electron chi connectivity index (χ2n) is 4.82. The maximum Gasteiger partial charge on any atom is 0.306 e. The first-order chi connectivity index (χ1) is 10.7. The number of para-hydroxylation sites is 1. The molecule has 0 radical (unpaired) electrons. The summed E-state index contributed by atoms with van der Waals surface area (Å²) < 4.78 is 6.42. The smallest absolute Gasteiger partial charge is 0.306 e. The number of aromatic nitrogens is 2. The van der Waals surface area contributed by atoms with Crippen molar-refractivity contribution in [2.24, 2.45) is 0 Å². The van der Waals surface area contributed by atoms with Gasteiger partial charge in [0.2, 0.25) is 0 Å². The van der Waals surface area contributed by atoms with Gasteiger partial charge in [-0.3, -0.25) is 4.79 Å². The van der Waals surface area contributed by atoms with Crippen LogP contribution < -0.4 is 0 Å². The highest BCUT2D eigenvalue weighted by molar-refractivity contribution is 7.18. The van der Waals surface area contributed by atoms with Crippen LogP contribution in [0.25, 0.3) is 10.2 Å². The molecule has 22 heavy (non-hydrogen) atoms. The van der Waals surface area contributed by atoms with E-state index in [0.29, 0.717) is 12.8 Å². The Morgan fingerprint density at radius 3 is 2.86 bits per heavy atom. The molecular weight excluding hydrogens is 316 g/mol. The van der Waals surface area contributed by atoms with E-state index >= 15 is 0 Å². The third kappa shape index (κ3) is 3.69. The van der Waals surface area contributed by atoms with Crippen LogP contribution in [-0.2, 0) is 29.0 Å². The molecule has 6 heteroatoms. The van der Waals surface area contributed by atoms with E-state index in [1.807, 2.05) is 29.6 Å². The number of ether oxygens (including phenoxy) is 1. The molecule has 0 aliphatic rings. The van der Waals surface area contributed by atoms with E-state index in [0.717, 1.165) is 32.3 Å². The minimum atomic E-state index is -0.203. The topological polar surface area (TPSA) is 52.1 Å². The lowest BCUT2D eigenvalue weighted by Crippen LogP contribution is -2.06. The molecule has 0 unspecified atom stereocenters. The van der Waals surface area contributed by atoms with Gasteiger partial charge in [-0.05, 0) is 18.6 Å². The Labute approximate surface area is 136 Å². The fourth-order valence-electron chi connectivity index (χ4n) is 2.04. The minimum absolute atomic E-state index is 0.203. The van der Waals surface area contributed by atoms with Crippen LogP contribution in [0.2, 0.25) is 0 Å². The summed E-state index contributed by atoms with van der Waals surface area (Å²) in [5, 5.41) is 3.99. The van der Waals surface area contributed by atoms with Gasteiger partial charge in [-0.15, -0.1) is 22.7 Å². The van der Waals surface area contributed by atoms with Gasteiger partial charge >= 0.3 is 5.97 Å². The quantitative estimate of drug-likeness (QED) is 0.640. The standard InChI is InChI=1S/C16H16N2O2S2/c1-2-14-17-11(10-21-14)9-20-16(19)8-7-15-18-12-5-3-4-6-13(12)22-15/h3-6,10H,2,7-9H2,1H3. The van der Waals surface area contributed by atoms with Crippen LogP contribution in [-0.4, -0.2) is 15.9 Å². The maximum absolute atomic E-state index is 11.8. The van der Waals surface area contributed by atoms with Crippen molar-refractivity contribution in [1.29, 1.82) is 0 Å². The zero-order chi connectivity index (χ0) is 15.4. The van der Waals surface area contributed by atoms with Gasteiger partial charge in [0.15, 0.2) is 0 Å². The molecule has 114 valence electrons. The summed E-state index contributed by atoms with van der Waals surface area (Å²) in [5.41, 5.74) is 1.82. The highest BCUT2D eigenvalue weighted by Gasteiger charge is 2.09. The summed E-state index contributed by atoms with van der Waals surface area (Å²) in [6, 6.07) is 8.00. The summed E-state index contributed by atoms with van der Waals surface area (Å²) in [7, 11) is 0. The number of aryl methyl sites for hydroxylation is 2. The van der Waals surface area contributed by atoms with E-state index in [4.69, 9.17) is 4.74 Å². The predicted octanol–water partition coefficient (Wildman–Crippen LogP) is 3.99. The van der Waals surface area contributed by atoms with Gasteiger partial charge in [0, 0.05) is 11.8 Å². The van der Waals surface area contributed by atoms with Crippen LogP contribution in [0.3, 0.4) is 0 Å². The molecule has 0 saturated carbocycles. The molecule has 1 aromatic carbocycles. The van der Waals surface area contributed by atoms with E-state index in [2.05, 4.69) is 16.9 Å². The first-order valence-corrected chi connectivity index (χ1v) is 8.87. The molecule has 0 spiro atoms. The lowest BCUT2D eigenvalue weighted by molar-refractivity contribution is -0.145. The number of esters is 1. The first-order valence-electron chi connectivity index (χ1n) is 7.18. The van der Waals surface area contributed by atoms with Gasteiger partial charge in [0.1, 0.15) is 6.61 Å². The average Bonchev–Trinajstić information content (AvgIpc) is 3.16. The highest BCUT2D eigenvalue weighted by atomic mass is 32.1. The number of carbonyl (C=O) groups is 1. The van der Waals surface area contributed by atoms with Crippen molar-refractivity contribution in [1.82, 2.24) is 9.97 Å². The SMILES string of the molecule is CCc1nc(COC(=O)CCc2nc3ccccc3s2)cs1. The Morgan fingerprint density at radius 1 is 1.23 bits per heavy atom. The molecule has 0 atom stereocenters. The Morgan fingerprint density at radius 2 is 2.09 bits per heavy atom. The number of hydrogen-bond donors (Lipinski definition) is 0. The molecule has 0 saturated heterocycles. The number of benzene rings is 1. The molecule has 0 aliphatic heterocycles. The lowest BCUT2D eigenvalue weighted by Gasteiger charge is -2.01. The average molecular weight is 332 g/mol. The van der Waals surface area contributed by atoms with Crippen LogP contribution >= 0.6 is 22.7 Å². The fourth-order valence-corrected chi connectivity index (χ4v) is 3.74. The van der Waals surface area contributed by atoms with Crippen molar-refractivity contribution >= 4 is 38.9 Å². The number of hydrogen-bond acceptors (Lipinski definition) is 6. The van der Waals surface area contributed by atoms with Gasteiger partial charge in [-0.25, -0.2) is 9.97 Å². The minimum Gasteiger partial charge on any atom is -0.459 e. The number of fused-ring (bicyclic) bond motifs is 1. The van der Waals surface area contributed by atoms with Crippen molar-refractivity contribution in [3.8, 4) is 0 Å². The summed E-state index contributed by atoms with van der Waals surface area (Å²) in [5.74, 6) is -0.203. The van der Waals surface area contributed by atoms with Crippen LogP contribution in [0.4, 0.5) is 0 Å².